The number of hydrogen-bond donors (Lipinski definition) is 1. The Morgan fingerprint density at radius 3 is 2.50 bits per heavy atom. The largest absolute Gasteiger partial charge is 0.433 e. The molecule has 150 valence electrons. The van der Waals surface area contributed by atoms with Crippen molar-refractivity contribution in [2.24, 2.45) is 0 Å². The highest BCUT2D eigenvalue weighted by molar-refractivity contribution is 7.94. The molecule has 1 N–H and O–H groups in total. The fourth-order valence-electron chi connectivity index (χ4n) is 2.66. The molecule has 0 radical (unpaired) electrons. The minimum Gasteiger partial charge on any atom is -0.350 e. The van der Waals surface area contributed by atoms with Crippen molar-refractivity contribution >= 4 is 27.5 Å². The number of amides is 1. The van der Waals surface area contributed by atoms with E-state index in [1.165, 1.54) is 13.1 Å². The van der Waals surface area contributed by atoms with Gasteiger partial charge in [0.05, 0.1) is 23.5 Å². The average molecular weight is 418 g/mol. The summed E-state index contributed by atoms with van der Waals surface area (Å²) in [6.07, 6.45) is -3.84. The number of benzene rings is 1. The molecule has 1 aliphatic rings. The summed E-state index contributed by atoms with van der Waals surface area (Å²) < 4.78 is 77.8. The third kappa shape index (κ3) is 3.59. The van der Waals surface area contributed by atoms with Gasteiger partial charge in [0, 0.05) is 25.9 Å². The Kier molecular flexibility index (Phi) is 4.91. The first-order valence-electron chi connectivity index (χ1n) is 7.89. The smallest absolute Gasteiger partial charge is 0.350 e. The lowest BCUT2D eigenvalue weighted by Gasteiger charge is -2.19. The summed E-state index contributed by atoms with van der Waals surface area (Å²) in [5, 5.41) is 2.40. The van der Waals surface area contributed by atoms with Gasteiger partial charge in [-0.05, 0) is 24.3 Å². The van der Waals surface area contributed by atoms with Gasteiger partial charge < -0.3 is 5.32 Å². The van der Waals surface area contributed by atoms with Gasteiger partial charge in [-0.15, -0.1) is 0 Å². The number of pyridine rings is 1. The normalized spacial score (nSPS) is 15.5. The molecule has 1 aromatic heterocycles. The third-order valence-electron chi connectivity index (χ3n) is 4.09. The van der Waals surface area contributed by atoms with Crippen molar-refractivity contribution in [1.82, 2.24) is 10.3 Å². The van der Waals surface area contributed by atoms with Gasteiger partial charge in [-0.1, -0.05) is 0 Å². The molecule has 0 aliphatic carbocycles. The van der Waals surface area contributed by atoms with Crippen molar-refractivity contribution in [3.8, 4) is 0 Å². The zero-order valence-corrected chi connectivity index (χ0v) is 15.2. The Morgan fingerprint density at radius 2 is 1.89 bits per heavy atom. The van der Waals surface area contributed by atoms with Crippen LogP contribution >= 0.6 is 0 Å². The van der Waals surface area contributed by atoms with Crippen LogP contribution in [-0.2, 0) is 16.4 Å². The van der Waals surface area contributed by atoms with Crippen molar-refractivity contribution in [2.75, 3.05) is 28.7 Å². The number of fused-ring (bicyclic) bond motifs is 1. The zero-order chi connectivity index (χ0) is 20.7. The summed E-state index contributed by atoms with van der Waals surface area (Å²) >= 11 is 0. The molecule has 0 fully saturated rings. The standard InChI is InChI=1S/C16H14F4N4O3S/c1-23-12-4-3-11(17)8-13(12)24(28(23,26)27)7-6-21-15(25)10-2-5-14(22-9-10)16(18,19)20/h2-5,8-9H,6-7H2,1H3,(H,21,25). The van der Waals surface area contributed by atoms with Gasteiger partial charge in [0.2, 0.25) is 0 Å². The minimum atomic E-state index is -4.62. The van der Waals surface area contributed by atoms with E-state index in [-0.39, 0.29) is 24.3 Å². The topological polar surface area (TPSA) is 82.6 Å². The van der Waals surface area contributed by atoms with Crippen LogP contribution in [0.3, 0.4) is 0 Å². The molecule has 2 aromatic rings. The molecule has 0 bridgehead atoms. The summed E-state index contributed by atoms with van der Waals surface area (Å²) in [6, 6.07) is 5.17. The number of rotatable bonds is 4. The van der Waals surface area contributed by atoms with E-state index >= 15 is 0 Å². The molecule has 0 spiro atoms. The van der Waals surface area contributed by atoms with Crippen molar-refractivity contribution in [3.05, 3.63) is 53.6 Å². The number of aromatic nitrogens is 1. The summed E-state index contributed by atoms with van der Waals surface area (Å²) in [5.41, 5.74) is -0.817. The number of hydrogen-bond acceptors (Lipinski definition) is 4. The second-order valence-electron chi connectivity index (χ2n) is 5.87. The molecule has 0 saturated carbocycles. The Labute approximate surface area is 157 Å². The fraction of sp³-hybridized carbons (Fsp3) is 0.250. The number of nitrogens with one attached hydrogen (secondary N) is 1. The van der Waals surface area contributed by atoms with E-state index in [2.05, 4.69) is 10.3 Å². The third-order valence-corrected chi connectivity index (χ3v) is 5.91. The van der Waals surface area contributed by atoms with E-state index in [0.29, 0.717) is 11.8 Å². The van der Waals surface area contributed by atoms with Gasteiger partial charge in [-0.25, -0.2) is 8.70 Å². The van der Waals surface area contributed by atoms with Gasteiger partial charge in [-0.3, -0.25) is 14.1 Å². The van der Waals surface area contributed by atoms with Gasteiger partial charge in [0.25, 0.3) is 5.91 Å². The Balaban J connectivity index is 1.68. The number of carbonyl (C=O) groups is 1. The first-order valence-corrected chi connectivity index (χ1v) is 9.29. The molecule has 0 atom stereocenters. The summed E-state index contributed by atoms with van der Waals surface area (Å²) in [6.45, 7) is -0.341. The Bertz CT molecular complexity index is 1010. The van der Waals surface area contributed by atoms with Crippen molar-refractivity contribution < 1.29 is 30.8 Å². The molecular formula is C16H14F4N4O3S. The van der Waals surface area contributed by atoms with Crippen LogP contribution < -0.4 is 13.9 Å². The number of nitrogens with zero attached hydrogens (tertiary/aromatic N) is 3. The first kappa shape index (κ1) is 19.9. The summed E-state index contributed by atoms with van der Waals surface area (Å²) in [7, 11) is -2.60. The van der Waals surface area contributed by atoms with Gasteiger partial charge in [0.1, 0.15) is 11.5 Å². The lowest BCUT2D eigenvalue weighted by molar-refractivity contribution is -0.141. The lowest BCUT2D eigenvalue weighted by Crippen LogP contribution is -2.40. The maximum absolute atomic E-state index is 13.5. The monoisotopic (exact) mass is 418 g/mol. The van der Waals surface area contributed by atoms with E-state index in [1.54, 1.807) is 0 Å². The second-order valence-corrected chi connectivity index (χ2v) is 7.75. The molecular weight excluding hydrogens is 404 g/mol. The van der Waals surface area contributed by atoms with Crippen molar-refractivity contribution in [2.45, 2.75) is 6.18 Å². The summed E-state index contributed by atoms with van der Waals surface area (Å²) in [5.74, 6) is -1.33. The van der Waals surface area contributed by atoms with Gasteiger partial charge >= 0.3 is 16.4 Å². The second kappa shape index (κ2) is 6.93. The SMILES string of the molecule is CN1c2ccc(F)cc2N(CCNC(=O)c2ccc(C(F)(F)F)nc2)S1(=O)=O. The first-order chi connectivity index (χ1) is 13.0. The summed E-state index contributed by atoms with van der Waals surface area (Å²) in [4.78, 5) is 15.2. The van der Waals surface area contributed by atoms with Crippen molar-refractivity contribution in [1.29, 1.82) is 0 Å². The van der Waals surface area contributed by atoms with E-state index in [9.17, 15) is 30.8 Å². The maximum atomic E-state index is 13.5. The average Bonchev–Trinajstić information content (AvgIpc) is 2.81. The van der Waals surface area contributed by atoms with Crippen LogP contribution in [0.2, 0.25) is 0 Å². The molecule has 3 rings (SSSR count). The molecule has 1 amide bonds. The highest BCUT2D eigenvalue weighted by Crippen LogP contribution is 2.39. The van der Waals surface area contributed by atoms with Crippen LogP contribution in [0, 0.1) is 5.82 Å². The Morgan fingerprint density at radius 1 is 1.18 bits per heavy atom. The highest BCUT2D eigenvalue weighted by Gasteiger charge is 2.38. The number of halogens is 4. The zero-order valence-electron chi connectivity index (χ0n) is 14.4. The van der Waals surface area contributed by atoms with Crippen LogP contribution in [0.1, 0.15) is 16.1 Å². The predicted molar refractivity (Wildman–Crippen MR) is 92.6 cm³/mol. The number of carbonyl (C=O) groups excluding carboxylic acids is 1. The van der Waals surface area contributed by atoms with Crippen LogP contribution in [0.4, 0.5) is 28.9 Å². The molecule has 2 heterocycles. The van der Waals surface area contributed by atoms with Crippen molar-refractivity contribution in [3.63, 3.8) is 0 Å². The minimum absolute atomic E-state index is 0.110. The van der Waals surface area contributed by atoms with Crippen LogP contribution in [0.5, 0.6) is 0 Å². The Hall–Kier alpha value is -2.89. The fourth-order valence-corrected chi connectivity index (χ4v) is 4.08. The van der Waals surface area contributed by atoms with Crippen LogP contribution in [-0.4, -0.2) is 39.4 Å². The molecule has 1 aliphatic heterocycles. The van der Waals surface area contributed by atoms with E-state index in [0.717, 1.165) is 33.0 Å². The quantitative estimate of drug-likeness (QED) is 0.772. The van der Waals surface area contributed by atoms with E-state index in [1.807, 2.05) is 0 Å². The van der Waals surface area contributed by atoms with Gasteiger partial charge in [-0.2, -0.15) is 21.6 Å². The van der Waals surface area contributed by atoms with E-state index in [4.69, 9.17) is 0 Å². The van der Waals surface area contributed by atoms with Crippen LogP contribution in [0.15, 0.2) is 36.5 Å². The lowest BCUT2D eigenvalue weighted by atomic mass is 10.2. The van der Waals surface area contributed by atoms with E-state index < -0.39 is 33.8 Å². The van der Waals surface area contributed by atoms with Crippen LogP contribution in [0.25, 0.3) is 0 Å². The highest BCUT2D eigenvalue weighted by atomic mass is 32.2. The molecule has 1 aromatic carbocycles. The molecule has 7 nitrogen and oxygen atoms in total. The molecule has 28 heavy (non-hydrogen) atoms. The van der Waals surface area contributed by atoms with Gasteiger partial charge in [0.15, 0.2) is 0 Å². The maximum Gasteiger partial charge on any atom is 0.433 e. The predicted octanol–water partition coefficient (Wildman–Crippen LogP) is 2.17. The number of alkyl halides is 3. The molecule has 12 heteroatoms. The number of anilines is 2. The molecule has 0 unspecified atom stereocenters. The molecule has 0 saturated heterocycles.